The molecule has 124 valence electrons. The standard InChI is InChI=1S/C16H17ClN6O/c17-14-15(19)21-9-22-16(14)23-11-2-4-12(5-3-11)24-13-6-1-10(7-18)8-20-13/h1,6,8-9,11-12H,2-5H2,(H3,19,21,22,23). The molecule has 7 nitrogen and oxygen atoms in total. The van der Waals surface area contributed by atoms with Gasteiger partial charge in [0.05, 0.1) is 5.56 Å². The van der Waals surface area contributed by atoms with Gasteiger partial charge in [-0.05, 0) is 31.7 Å². The fraction of sp³-hybridized carbons (Fsp3) is 0.375. The predicted octanol–water partition coefficient (Wildman–Crippen LogP) is 2.78. The average Bonchev–Trinajstić information content (AvgIpc) is 2.61. The lowest BCUT2D eigenvalue weighted by atomic mass is 9.93. The molecule has 0 radical (unpaired) electrons. The Bertz CT molecular complexity index is 737. The normalized spacial score (nSPS) is 20.2. The van der Waals surface area contributed by atoms with Crippen LogP contribution in [0.2, 0.25) is 5.02 Å². The number of nitrogens with zero attached hydrogens (tertiary/aromatic N) is 4. The van der Waals surface area contributed by atoms with Gasteiger partial charge in [0.15, 0.2) is 5.82 Å². The Morgan fingerprint density at radius 3 is 2.67 bits per heavy atom. The van der Waals surface area contributed by atoms with E-state index in [1.165, 1.54) is 12.5 Å². The maximum absolute atomic E-state index is 8.77. The van der Waals surface area contributed by atoms with Gasteiger partial charge in [0.25, 0.3) is 0 Å². The van der Waals surface area contributed by atoms with E-state index in [1.54, 1.807) is 12.1 Å². The number of pyridine rings is 1. The Morgan fingerprint density at radius 2 is 2.00 bits per heavy atom. The van der Waals surface area contributed by atoms with Gasteiger partial charge in [-0.25, -0.2) is 15.0 Å². The summed E-state index contributed by atoms with van der Waals surface area (Å²) in [4.78, 5) is 12.1. The molecule has 8 heteroatoms. The molecule has 3 N–H and O–H groups in total. The average molecular weight is 345 g/mol. The highest BCUT2D eigenvalue weighted by molar-refractivity contribution is 6.35. The second kappa shape index (κ2) is 7.32. The monoisotopic (exact) mass is 344 g/mol. The van der Waals surface area contributed by atoms with Gasteiger partial charge in [-0.1, -0.05) is 11.6 Å². The maximum Gasteiger partial charge on any atom is 0.213 e. The third-order valence-corrected chi connectivity index (χ3v) is 4.36. The molecule has 3 rings (SSSR count). The van der Waals surface area contributed by atoms with Crippen molar-refractivity contribution in [2.45, 2.75) is 37.8 Å². The fourth-order valence-corrected chi connectivity index (χ4v) is 2.84. The minimum absolute atomic E-state index is 0.120. The van der Waals surface area contributed by atoms with Crippen molar-refractivity contribution in [3.8, 4) is 11.9 Å². The largest absolute Gasteiger partial charge is 0.474 e. The van der Waals surface area contributed by atoms with Gasteiger partial charge in [0, 0.05) is 18.3 Å². The van der Waals surface area contributed by atoms with Gasteiger partial charge in [0.2, 0.25) is 5.88 Å². The lowest BCUT2D eigenvalue weighted by Gasteiger charge is -2.29. The summed E-state index contributed by atoms with van der Waals surface area (Å²) in [6.07, 6.45) is 6.70. The molecule has 0 spiro atoms. The zero-order valence-corrected chi connectivity index (χ0v) is 13.7. The number of rotatable bonds is 4. The Kier molecular flexibility index (Phi) is 4.96. The third kappa shape index (κ3) is 3.84. The fourth-order valence-electron chi connectivity index (χ4n) is 2.69. The molecule has 1 saturated carbocycles. The van der Waals surface area contributed by atoms with Crippen molar-refractivity contribution in [2.24, 2.45) is 0 Å². The van der Waals surface area contributed by atoms with E-state index in [0.717, 1.165) is 25.7 Å². The van der Waals surface area contributed by atoms with Gasteiger partial charge in [-0.2, -0.15) is 5.26 Å². The summed E-state index contributed by atoms with van der Waals surface area (Å²) in [7, 11) is 0. The molecule has 0 atom stereocenters. The lowest BCUT2D eigenvalue weighted by Crippen LogP contribution is -2.31. The number of ether oxygens (including phenoxy) is 1. The molecule has 2 aromatic heterocycles. The van der Waals surface area contributed by atoms with Crippen molar-refractivity contribution in [3.05, 3.63) is 35.2 Å². The molecule has 1 fully saturated rings. The molecule has 2 aromatic rings. The van der Waals surface area contributed by atoms with E-state index in [1.807, 2.05) is 6.07 Å². The second-order valence-corrected chi connectivity index (χ2v) is 6.03. The first kappa shape index (κ1) is 16.3. The number of aromatic nitrogens is 3. The molecule has 2 heterocycles. The van der Waals surface area contributed by atoms with Crippen LogP contribution in [0.15, 0.2) is 24.7 Å². The number of nitriles is 1. The van der Waals surface area contributed by atoms with Crippen molar-refractivity contribution < 1.29 is 4.74 Å². The molecule has 0 aliphatic heterocycles. The predicted molar refractivity (Wildman–Crippen MR) is 90.7 cm³/mol. The van der Waals surface area contributed by atoms with Crippen LogP contribution in [0, 0.1) is 11.3 Å². The summed E-state index contributed by atoms with van der Waals surface area (Å²) >= 11 is 6.10. The van der Waals surface area contributed by atoms with Gasteiger partial charge >= 0.3 is 0 Å². The highest BCUT2D eigenvalue weighted by Gasteiger charge is 2.23. The topological polar surface area (TPSA) is 110 Å². The second-order valence-electron chi connectivity index (χ2n) is 5.65. The molecule has 24 heavy (non-hydrogen) atoms. The van der Waals surface area contributed by atoms with Crippen molar-refractivity contribution in [1.29, 1.82) is 5.26 Å². The molecule has 0 bridgehead atoms. The number of nitrogens with one attached hydrogen (secondary N) is 1. The maximum atomic E-state index is 8.77. The zero-order valence-electron chi connectivity index (χ0n) is 12.9. The Balaban J connectivity index is 1.52. The van der Waals surface area contributed by atoms with Crippen LogP contribution in [0.1, 0.15) is 31.2 Å². The van der Waals surface area contributed by atoms with Gasteiger partial charge in [0.1, 0.15) is 29.3 Å². The number of hydrogen-bond acceptors (Lipinski definition) is 7. The number of nitrogen functional groups attached to an aromatic ring is 1. The molecule has 0 aromatic carbocycles. The minimum atomic E-state index is 0.120. The SMILES string of the molecule is N#Cc1ccc(OC2CCC(Nc3ncnc(N)c3Cl)CC2)nc1. The molecular weight excluding hydrogens is 328 g/mol. The smallest absolute Gasteiger partial charge is 0.213 e. The van der Waals surface area contributed by atoms with Crippen molar-refractivity contribution >= 4 is 23.2 Å². The molecule has 1 aliphatic rings. The van der Waals surface area contributed by atoms with Crippen LogP contribution in [0.3, 0.4) is 0 Å². The molecular formula is C16H17ClN6O. The molecule has 0 amide bonds. The van der Waals surface area contributed by atoms with Gasteiger partial charge in [-0.3, -0.25) is 0 Å². The van der Waals surface area contributed by atoms with Crippen molar-refractivity contribution in [1.82, 2.24) is 15.0 Å². The molecule has 1 aliphatic carbocycles. The van der Waals surface area contributed by atoms with Crippen LogP contribution in [0.5, 0.6) is 5.88 Å². The number of anilines is 2. The van der Waals surface area contributed by atoms with Gasteiger partial charge < -0.3 is 15.8 Å². The van der Waals surface area contributed by atoms with E-state index >= 15 is 0 Å². The van der Waals surface area contributed by atoms with Crippen LogP contribution in [0.4, 0.5) is 11.6 Å². The lowest BCUT2D eigenvalue weighted by molar-refractivity contribution is 0.144. The minimum Gasteiger partial charge on any atom is -0.474 e. The van der Waals surface area contributed by atoms with Crippen molar-refractivity contribution in [3.63, 3.8) is 0 Å². The van der Waals surface area contributed by atoms with Crippen LogP contribution < -0.4 is 15.8 Å². The summed E-state index contributed by atoms with van der Waals surface area (Å²) in [5.74, 6) is 1.40. The van der Waals surface area contributed by atoms with E-state index in [-0.39, 0.29) is 18.0 Å². The number of nitrogens with two attached hydrogens (primary N) is 1. The third-order valence-electron chi connectivity index (χ3n) is 3.98. The molecule has 0 saturated heterocycles. The first-order valence-corrected chi connectivity index (χ1v) is 8.09. The van der Waals surface area contributed by atoms with E-state index in [0.29, 0.717) is 22.3 Å². The highest BCUT2D eigenvalue weighted by atomic mass is 35.5. The highest BCUT2D eigenvalue weighted by Crippen LogP contribution is 2.28. The first-order valence-electron chi connectivity index (χ1n) is 7.71. The number of hydrogen-bond donors (Lipinski definition) is 2. The summed E-state index contributed by atoms with van der Waals surface area (Å²) in [6.45, 7) is 0. The van der Waals surface area contributed by atoms with E-state index in [4.69, 9.17) is 27.3 Å². The quantitative estimate of drug-likeness (QED) is 0.877. The summed E-state index contributed by atoms with van der Waals surface area (Å²) < 4.78 is 5.88. The van der Waals surface area contributed by atoms with Crippen molar-refractivity contribution in [2.75, 3.05) is 11.1 Å². The summed E-state index contributed by atoms with van der Waals surface area (Å²) in [5.41, 5.74) is 6.21. The van der Waals surface area contributed by atoms with E-state index in [2.05, 4.69) is 20.3 Å². The van der Waals surface area contributed by atoms with E-state index < -0.39 is 0 Å². The first-order chi connectivity index (χ1) is 11.7. The Hall–Kier alpha value is -2.59. The Morgan fingerprint density at radius 1 is 1.21 bits per heavy atom. The number of halogens is 1. The van der Waals surface area contributed by atoms with Gasteiger partial charge in [-0.15, -0.1) is 0 Å². The van der Waals surface area contributed by atoms with Crippen LogP contribution in [-0.4, -0.2) is 27.1 Å². The van der Waals surface area contributed by atoms with Crippen LogP contribution >= 0.6 is 11.6 Å². The Labute approximate surface area is 144 Å². The zero-order chi connectivity index (χ0) is 16.9. The molecule has 0 unspecified atom stereocenters. The van der Waals surface area contributed by atoms with Crippen LogP contribution in [0.25, 0.3) is 0 Å². The summed E-state index contributed by atoms with van der Waals surface area (Å²) in [5, 5.41) is 12.5. The van der Waals surface area contributed by atoms with Crippen LogP contribution in [-0.2, 0) is 0 Å². The summed E-state index contributed by atoms with van der Waals surface area (Å²) in [6, 6.07) is 5.74. The van der Waals surface area contributed by atoms with E-state index in [9.17, 15) is 0 Å².